The molecule has 0 amide bonds. The Balaban J connectivity index is 1.74. The van der Waals surface area contributed by atoms with Crippen LogP contribution in [-0.2, 0) is 13.0 Å². The molecule has 0 atom stereocenters. The Hall–Kier alpha value is -2.55. The summed E-state index contributed by atoms with van der Waals surface area (Å²) in [6.07, 6.45) is 5.10. The van der Waals surface area contributed by atoms with Crippen LogP contribution < -0.4 is 9.30 Å². The molecule has 0 unspecified atom stereocenters. The predicted octanol–water partition coefficient (Wildman–Crippen LogP) is 3.08. The van der Waals surface area contributed by atoms with E-state index < -0.39 is 0 Å². The number of pyridine rings is 1. The molecule has 2 aromatic carbocycles. The van der Waals surface area contributed by atoms with Crippen molar-refractivity contribution in [1.82, 2.24) is 0 Å². The van der Waals surface area contributed by atoms with Crippen molar-refractivity contribution in [3.8, 4) is 11.5 Å². The molecule has 1 aromatic heterocycles. The van der Waals surface area contributed by atoms with E-state index in [1.54, 1.807) is 19.2 Å². The number of hydrogen-bond acceptors (Lipinski definition) is 2. The molecule has 0 aliphatic rings. The number of methoxy groups -OCH3 is 1. The summed E-state index contributed by atoms with van der Waals surface area (Å²) in [5, 5.41) is 11.7. The van der Waals surface area contributed by atoms with Gasteiger partial charge in [0.2, 0.25) is 0 Å². The molecular formula is C18H18NO2+. The van der Waals surface area contributed by atoms with Gasteiger partial charge < -0.3 is 9.84 Å². The average molecular weight is 280 g/mol. The maximum atomic E-state index is 9.56. The van der Waals surface area contributed by atoms with Crippen molar-refractivity contribution in [3.05, 3.63) is 66.5 Å². The molecule has 0 aliphatic carbocycles. The number of benzene rings is 2. The molecule has 0 saturated carbocycles. The maximum Gasteiger partial charge on any atom is 0.176 e. The van der Waals surface area contributed by atoms with Gasteiger partial charge in [-0.25, -0.2) is 4.57 Å². The van der Waals surface area contributed by atoms with Crippen LogP contribution in [-0.4, -0.2) is 12.2 Å². The third kappa shape index (κ3) is 3.14. The van der Waals surface area contributed by atoms with E-state index in [9.17, 15) is 5.11 Å². The Labute approximate surface area is 124 Å². The lowest BCUT2D eigenvalue weighted by Gasteiger charge is -2.03. The number of aromatic nitrogens is 1. The van der Waals surface area contributed by atoms with E-state index in [1.807, 2.05) is 18.2 Å². The summed E-state index contributed by atoms with van der Waals surface area (Å²) in [5.74, 6) is 1.18. The monoisotopic (exact) mass is 280 g/mol. The van der Waals surface area contributed by atoms with Crippen LogP contribution in [0.4, 0.5) is 0 Å². The van der Waals surface area contributed by atoms with Gasteiger partial charge >= 0.3 is 0 Å². The summed E-state index contributed by atoms with van der Waals surface area (Å²) in [6.45, 7) is 0.901. The third-order valence-electron chi connectivity index (χ3n) is 3.64. The van der Waals surface area contributed by atoms with Crippen LogP contribution in [0.5, 0.6) is 11.5 Å². The lowest BCUT2D eigenvalue weighted by atomic mass is 10.1. The van der Waals surface area contributed by atoms with Crippen LogP contribution in [0.1, 0.15) is 5.56 Å². The number of phenols is 1. The van der Waals surface area contributed by atoms with Crippen LogP contribution in [0.2, 0.25) is 0 Å². The summed E-state index contributed by atoms with van der Waals surface area (Å²) >= 11 is 0. The van der Waals surface area contributed by atoms with Gasteiger partial charge in [-0.1, -0.05) is 18.2 Å². The molecule has 3 rings (SSSR count). The van der Waals surface area contributed by atoms with Crippen molar-refractivity contribution < 1.29 is 14.4 Å². The number of ether oxygens (including phenoxy) is 1. The van der Waals surface area contributed by atoms with Crippen LogP contribution in [0.3, 0.4) is 0 Å². The Morgan fingerprint density at radius 1 is 1.00 bits per heavy atom. The summed E-state index contributed by atoms with van der Waals surface area (Å²) < 4.78 is 7.31. The van der Waals surface area contributed by atoms with E-state index in [4.69, 9.17) is 4.74 Å². The van der Waals surface area contributed by atoms with Gasteiger partial charge in [0.15, 0.2) is 18.9 Å². The summed E-state index contributed by atoms with van der Waals surface area (Å²) in [6, 6.07) is 15.7. The zero-order valence-corrected chi connectivity index (χ0v) is 12.0. The molecular weight excluding hydrogens is 262 g/mol. The molecule has 3 nitrogen and oxygen atoms in total. The van der Waals surface area contributed by atoms with E-state index in [0.29, 0.717) is 5.75 Å². The van der Waals surface area contributed by atoms with Crippen molar-refractivity contribution in [2.45, 2.75) is 13.0 Å². The van der Waals surface area contributed by atoms with Crippen molar-refractivity contribution in [2.75, 3.05) is 7.11 Å². The van der Waals surface area contributed by atoms with Crippen LogP contribution in [0, 0.1) is 0 Å². The smallest absolute Gasteiger partial charge is 0.176 e. The molecule has 0 fully saturated rings. The fourth-order valence-electron chi connectivity index (χ4n) is 2.41. The van der Waals surface area contributed by atoms with Crippen LogP contribution in [0.25, 0.3) is 10.8 Å². The van der Waals surface area contributed by atoms with E-state index in [-0.39, 0.29) is 0 Å². The molecule has 0 aliphatic heterocycles. The highest BCUT2D eigenvalue weighted by Gasteiger charge is 2.05. The molecule has 0 saturated heterocycles. The number of nitrogens with zero attached hydrogens (tertiary/aromatic N) is 1. The highest BCUT2D eigenvalue weighted by molar-refractivity contribution is 5.81. The zero-order valence-electron chi connectivity index (χ0n) is 12.0. The zero-order chi connectivity index (χ0) is 14.7. The van der Waals surface area contributed by atoms with E-state index >= 15 is 0 Å². The number of rotatable bonds is 4. The fourth-order valence-corrected chi connectivity index (χ4v) is 2.41. The van der Waals surface area contributed by atoms with Crippen LogP contribution in [0.15, 0.2) is 60.9 Å². The fraction of sp³-hybridized carbons (Fsp3) is 0.167. The number of phenolic OH excluding ortho intramolecular Hbond substituents is 1. The van der Waals surface area contributed by atoms with Gasteiger partial charge in [-0.15, -0.1) is 0 Å². The van der Waals surface area contributed by atoms with Gasteiger partial charge in [0, 0.05) is 17.9 Å². The summed E-state index contributed by atoms with van der Waals surface area (Å²) in [5.41, 5.74) is 1.28. The van der Waals surface area contributed by atoms with Crippen molar-refractivity contribution in [3.63, 3.8) is 0 Å². The minimum absolute atomic E-state index is 0.301. The molecule has 3 aromatic rings. The van der Waals surface area contributed by atoms with Crippen LogP contribution >= 0.6 is 0 Å². The Morgan fingerprint density at radius 3 is 2.57 bits per heavy atom. The van der Waals surface area contributed by atoms with Gasteiger partial charge in [-0.05, 0) is 35.2 Å². The Kier molecular flexibility index (Phi) is 3.73. The first-order chi connectivity index (χ1) is 10.2. The number of hydrogen-bond donors (Lipinski definition) is 1. The van der Waals surface area contributed by atoms with Crippen molar-refractivity contribution in [1.29, 1.82) is 0 Å². The largest absolute Gasteiger partial charge is 0.508 e. The van der Waals surface area contributed by atoms with Gasteiger partial charge in [-0.2, -0.15) is 0 Å². The quantitative estimate of drug-likeness (QED) is 0.745. The number of fused-ring (bicyclic) bond motifs is 1. The first-order valence-corrected chi connectivity index (χ1v) is 6.99. The molecule has 106 valence electrons. The second kappa shape index (κ2) is 5.83. The van der Waals surface area contributed by atoms with Gasteiger partial charge in [0.05, 0.1) is 7.11 Å². The standard InChI is InChI=1S/C18H17NO2/c1-21-18-6-2-14(3-7-18)8-10-19-11-9-15-4-5-17(20)12-16(15)13-19/h2-7,9,11-13H,8,10H2,1H3/p+1. The predicted molar refractivity (Wildman–Crippen MR) is 82.5 cm³/mol. The molecule has 0 radical (unpaired) electrons. The Morgan fingerprint density at radius 2 is 1.81 bits per heavy atom. The van der Waals surface area contributed by atoms with Gasteiger partial charge in [0.25, 0.3) is 0 Å². The SMILES string of the molecule is COc1ccc(CC[n+]2ccc3ccc(O)cc3c2)cc1. The highest BCUT2D eigenvalue weighted by Crippen LogP contribution is 2.17. The second-order valence-electron chi connectivity index (χ2n) is 5.09. The minimum atomic E-state index is 0.301. The highest BCUT2D eigenvalue weighted by atomic mass is 16.5. The molecule has 1 heterocycles. The molecule has 1 N–H and O–H groups in total. The molecule has 0 spiro atoms. The van der Waals surface area contributed by atoms with E-state index in [0.717, 1.165) is 29.5 Å². The Bertz CT molecular complexity index is 751. The summed E-state index contributed by atoms with van der Waals surface area (Å²) in [7, 11) is 1.68. The van der Waals surface area contributed by atoms with E-state index in [1.165, 1.54) is 5.56 Å². The molecule has 21 heavy (non-hydrogen) atoms. The van der Waals surface area contributed by atoms with Gasteiger partial charge in [0.1, 0.15) is 11.5 Å². The minimum Gasteiger partial charge on any atom is -0.508 e. The van der Waals surface area contributed by atoms with Crippen molar-refractivity contribution >= 4 is 10.8 Å². The maximum absolute atomic E-state index is 9.56. The van der Waals surface area contributed by atoms with Crippen molar-refractivity contribution in [2.24, 2.45) is 0 Å². The number of aryl methyl sites for hydroxylation is 2. The topological polar surface area (TPSA) is 33.3 Å². The first kappa shape index (κ1) is 13.4. The number of aromatic hydroxyl groups is 1. The summed E-state index contributed by atoms with van der Waals surface area (Å²) in [4.78, 5) is 0. The first-order valence-electron chi connectivity index (χ1n) is 6.99. The second-order valence-corrected chi connectivity index (χ2v) is 5.09. The lowest BCUT2D eigenvalue weighted by molar-refractivity contribution is -0.695. The normalized spacial score (nSPS) is 10.7. The molecule has 3 heteroatoms. The lowest BCUT2D eigenvalue weighted by Crippen LogP contribution is -2.33. The average Bonchev–Trinajstić information content (AvgIpc) is 2.53. The molecule has 0 bridgehead atoms. The third-order valence-corrected chi connectivity index (χ3v) is 3.64. The van der Waals surface area contributed by atoms with Gasteiger partial charge in [-0.3, -0.25) is 0 Å². The van der Waals surface area contributed by atoms with E-state index in [2.05, 4.69) is 35.2 Å².